The van der Waals surface area contributed by atoms with E-state index in [0.29, 0.717) is 23.7 Å². The number of unbranched alkanes of at least 4 members (excludes halogenated alkanes) is 4. The molecule has 214 valence electrons. The Morgan fingerprint density at radius 1 is 0.769 bits per heavy atom. The van der Waals surface area contributed by atoms with E-state index in [2.05, 4.69) is 20.8 Å². The summed E-state index contributed by atoms with van der Waals surface area (Å²) in [5.74, 6) is 2.58. The Labute approximate surface area is 235 Å². The summed E-state index contributed by atoms with van der Waals surface area (Å²) in [5, 5.41) is 0. The van der Waals surface area contributed by atoms with Crippen molar-refractivity contribution in [1.82, 2.24) is 0 Å². The van der Waals surface area contributed by atoms with Gasteiger partial charge in [0.1, 0.15) is 17.2 Å². The second kappa shape index (κ2) is 17.0. The minimum atomic E-state index is -0.438. The molecule has 0 aromatic heterocycles. The van der Waals surface area contributed by atoms with Crippen LogP contribution in [0.1, 0.15) is 115 Å². The number of ether oxygens (including phenoxy) is 3. The zero-order valence-corrected chi connectivity index (χ0v) is 24.3. The molecule has 5 nitrogen and oxygen atoms in total. The van der Waals surface area contributed by atoms with Crippen molar-refractivity contribution in [2.45, 2.75) is 104 Å². The maximum absolute atomic E-state index is 12.6. The van der Waals surface area contributed by atoms with Crippen LogP contribution in [0.15, 0.2) is 48.5 Å². The summed E-state index contributed by atoms with van der Waals surface area (Å²) in [6, 6.07) is 13.7. The lowest BCUT2D eigenvalue weighted by atomic mass is 9.80. The van der Waals surface area contributed by atoms with Gasteiger partial charge in [0.25, 0.3) is 0 Å². The Balaban J connectivity index is 1.36. The van der Waals surface area contributed by atoms with Gasteiger partial charge in [-0.2, -0.15) is 0 Å². The summed E-state index contributed by atoms with van der Waals surface area (Å²) in [5.41, 5.74) is 0.455. The first-order valence-corrected chi connectivity index (χ1v) is 15.2. The van der Waals surface area contributed by atoms with Crippen LogP contribution >= 0.6 is 0 Å². The van der Waals surface area contributed by atoms with Gasteiger partial charge in [-0.1, -0.05) is 72.1 Å². The van der Waals surface area contributed by atoms with E-state index in [-0.39, 0.29) is 11.9 Å². The Bertz CT molecular complexity index is 974. The van der Waals surface area contributed by atoms with Crippen LogP contribution in [0.4, 0.5) is 0 Å². The number of esters is 2. The number of carbonyl (C=O) groups is 2. The molecule has 0 unspecified atom stereocenters. The summed E-state index contributed by atoms with van der Waals surface area (Å²) >= 11 is 0. The predicted octanol–water partition coefficient (Wildman–Crippen LogP) is 9.18. The lowest BCUT2D eigenvalue weighted by molar-refractivity contribution is -0.140. The van der Waals surface area contributed by atoms with Crippen LogP contribution in [-0.2, 0) is 4.79 Å². The molecule has 3 rings (SSSR count). The Kier molecular flexibility index (Phi) is 13.4. The molecule has 0 amide bonds. The smallest absolute Gasteiger partial charge is 0.343 e. The van der Waals surface area contributed by atoms with Crippen molar-refractivity contribution in [2.75, 3.05) is 6.61 Å². The van der Waals surface area contributed by atoms with Gasteiger partial charge in [0.15, 0.2) is 0 Å². The van der Waals surface area contributed by atoms with E-state index >= 15 is 0 Å². The van der Waals surface area contributed by atoms with Crippen molar-refractivity contribution in [1.29, 1.82) is 0 Å². The molecule has 0 N–H and O–H groups in total. The van der Waals surface area contributed by atoms with Crippen LogP contribution in [0.25, 0.3) is 0 Å². The molecule has 1 fully saturated rings. The topological polar surface area (TPSA) is 61.8 Å². The molecule has 2 aromatic rings. The number of hydrogen-bond donors (Lipinski definition) is 0. The van der Waals surface area contributed by atoms with Crippen molar-refractivity contribution < 1.29 is 23.8 Å². The molecule has 1 saturated carbocycles. The average Bonchev–Trinajstić information content (AvgIpc) is 2.96. The number of rotatable bonds is 16. The molecule has 39 heavy (non-hydrogen) atoms. The Hall–Kier alpha value is -2.82. The monoisotopic (exact) mass is 536 g/mol. The van der Waals surface area contributed by atoms with Crippen LogP contribution in [0.3, 0.4) is 0 Å². The van der Waals surface area contributed by atoms with Gasteiger partial charge >= 0.3 is 11.9 Å². The van der Waals surface area contributed by atoms with E-state index in [1.54, 1.807) is 48.5 Å². The van der Waals surface area contributed by atoms with Gasteiger partial charge < -0.3 is 14.2 Å². The zero-order valence-electron chi connectivity index (χ0n) is 24.3. The van der Waals surface area contributed by atoms with Crippen molar-refractivity contribution in [3.63, 3.8) is 0 Å². The molecular weight excluding hydrogens is 488 g/mol. The lowest BCUT2D eigenvalue weighted by Gasteiger charge is -2.27. The third-order valence-corrected chi connectivity index (χ3v) is 8.05. The molecule has 1 aliphatic rings. The normalized spacial score (nSPS) is 17.8. The summed E-state index contributed by atoms with van der Waals surface area (Å²) in [7, 11) is 0. The van der Waals surface area contributed by atoms with Crippen molar-refractivity contribution in [3.8, 4) is 17.2 Å². The summed E-state index contributed by atoms with van der Waals surface area (Å²) in [6.45, 7) is 7.46. The van der Waals surface area contributed by atoms with E-state index in [0.717, 1.165) is 49.7 Å². The SMILES string of the molecule is CCCCCC1CCC(C(=O)Oc2ccc(OC(=O)c3ccc(OCCCCC[C@@H](C)CC)cc3)cc2)CC1. The molecule has 0 saturated heterocycles. The standard InChI is InChI=1S/C34H48O5/c1-4-6-8-12-27-13-15-28(16-14-27)33(35)38-31-21-23-32(24-22-31)39-34(36)29-17-19-30(20-18-29)37-25-10-7-9-11-26(3)5-2/h17-24,26-28H,4-16,25H2,1-3H3/t26-,27?,28?/m0/s1. The Morgan fingerprint density at radius 3 is 2.05 bits per heavy atom. The largest absolute Gasteiger partial charge is 0.494 e. The predicted molar refractivity (Wildman–Crippen MR) is 156 cm³/mol. The molecule has 0 spiro atoms. The lowest BCUT2D eigenvalue weighted by Crippen LogP contribution is -2.25. The maximum atomic E-state index is 12.6. The fraction of sp³-hybridized carbons (Fsp3) is 0.588. The molecule has 5 heteroatoms. The van der Waals surface area contributed by atoms with Gasteiger partial charge in [-0.3, -0.25) is 4.79 Å². The second-order valence-corrected chi connectivity index (χ2v) is 11.2. The average molecular weight is 537 g/mol. The third-order valence-electron chi connectivity index (χ3n) is 8.05. The Morgan fingerprint density at radius 2 is 1.41 bits per heavy atom. The number of hydrogen-bond acceptors (Lipinski definition) is 5. The molecule has 0 heterocycles. The van der Waals surface area contributed by atoms with E-state index in [1.807, 2.05) is 0 Å². The second-order valence-electron chi connectivity index (χ2n) is 11.2. The van der Waals surface area contributed by atoms with Crippen molar-refractivity contribution in [3.05, 3.63) is 54.1 Å². The molecule has 1 aliphatic carbocycles. The number of benzene rings is 2. The highest BCUT2D eigenvalue weighted by atomic mass is 16.5. The summed E-state index contributed by atoms with van der Waals surface area (Å²) in [4.78, 5) is 25.2. The third kappa shape index (κ3) is 11.1. The molecular formula is C34H48O5. The molecule has 0 bridgehead atoms. The fourth-order valence-corrected chi connectivity index (χ4v) is 5.16. The summed E-state index contributed by atoms with van der Waals surface area (Å²) in [6.07, 6.45) is 15.2. The molecule has 0 radical (unpaired) electrons. The van der Waals surface area contributed by atoms with Gasteiger partial charge in [-0.05, 0) is 92.5 Å². The van der Waals surface area contributed by atoms with Gasteiger partial charge in [0.2, 0.25) is 0 Å². The maximum Gasteiger partial charge on any atom is 0.343 e. The zero-order chi connectivity index (χ0) is 27.9. The summed E-state index contributed by atoms with van der Waals surface area (Å²) < 4.78 is 16.9. The highest BCUT2D eigenvalue weighted by Crippen LogP contribution is 2.33. The minimum absolute atomic E-state index is 0.0218. The van der Waals surface area contributed by atoms with E-state index in [1.165, 1.54) is 51.4 Å². The molecule has 0 aliphatic heterocycles. The van der Waals surface area contributed by atoms with Crippen LogP contribution < -0.4 is 14.2 Å². The first kappa shape index (κ1) is 30.7. The van der Waals surface area contributed by atoms with Crippen LogP contribution in [0, 0.1) is 17.8 Å². The highest BCUT2D eigenvalue weighted by molar-refractivity contribution is 5.91. The van der Waals surface area contributed by atoms with Gasteiger partial charge in [-0.25, -0.2) is 4.79 Å². The number of carbonyl (C=O) groups excluding carboxylic acids is 2. The molecule has 1 atom stereocenters. The van der Waals surface area contributed by atoms with Crippen LogP contribution in [-0.4, -0.2) is 18.5 Å². The van der Waals surface area contributed by atoms with Crippen LogP contribution in [0.2, 0.25) is 0 Å². The van der Waals surface area contributed by atoms with Gasteiger partial charge in [0, 0.05) is 0 Å². The molecule has 2 aromatic carbocycles. The first-order chi connectivity index (χ1) is 19.0. The first-order valence-electron chi connectivity index (χ1n) is 15.2. The fourth-order valence-electron chi connectivity index (χ4n) is 5.16. The van der Waals surface area contributed by atoms with E-state index in [9.17, 15) is 9.59 Å². The van der Waals surface area contributed by atoms with E-state index < -0.39 is 5.97 Å². The van der Waals surface area contributed by atoms with Crippen molar-refractivity contribution >= 4 is 11.9 Å². The van der Waals surface area contributed by atoms with Crippen LogP contribution in [0.5, 0.6) is 17.2 Å². The van der Waals surface area contributed by atoms with Gasteiger partial charge in [-0.15, -0.1) is 0 Å². The van der Waals surface area contributed by atoms with E-state index in [4.69, 9.17) is 14.2 Å². The van der Waals surface area contributed by atoms with Crippen molar-refractivity contribution in [2.24, 2.45) is 17.8 Å². The highest BCUT2D eigenvalue weighted by Gasteiger charge is 2.27. The quantitative estimate of drug-likeness (QED) is 0.122. The minimum Gasteiger partial charge on any atom is -0.494 e. The van der Waals surface area contributed by atoms with Gasteiger partial charge in [0.05, 0.1) is 18.1 Å².